The van der Waals surface area contributed by atoms with Crippen molar-refractivity contribution >= 4 is 50.7 Å². The molecule has 10 heteroatoms. The number of anilines is 1. The van der Waals surface area contributed by atoms with Crippen LogP contribution in [0.4, 0.5) is 5.69 Å². The number of hydrogen-bond acceptors (Lipinski definition) is 4. The summed E-state index contributed by atoms with van der Waals surface area (Å²) in [5, 5.41) is 3.49. The maximum atomic E-state index is 13.5. The van der Waals surface area contributed by atoms with E-state index in [4.69, 9.17) is 23.2 Å². The second-order valence-electron chi connectivity index (χ2n) is 8.75. The number of nitrogens with one attached hydrogen (secondary N) is 1. The predicted molar refractivity (Wildman–Crippen MR) is 142 cm³/mol. The Kier molecular flexibility index (Phi) is 10.4. The Bertz CT molecular complexity index is 1140. The molecule has 35 heavy (non-hydrogen) atoms. The summed E-state index contributed by atoms with van der Waals surface area (Å²) in [7, 11) is -3.78. The number of hydrogen-bond donors (Lipinski definition) is 1. The lowest BCUT2D eigenvalue weighted by Gasteiger charge is -2.31. The van der Waals surface area contributed by atoms with Crippen molar-refractivity contribution < 1.29 is 18.0 Å². The first kappa shape index (κ1) is 28.9. The van der Waals surface area contributed by atoms with E-state index in [0.29, 0.717) is 27.8 Å². The maximum absolute atomic E-state index is 13.5. The van der Waals surface area contributed by atoms with E-state index in [2.05, 4.69) is 5.32 Å². The van der Waals surface area contributed by atoms with Crippen molar-refractivity contribution in [3.63, 3.8) is 0 Å². The summed E-state index contributed by atoms with van der Waals surface area (Å²) in [6, 6.07) is 11.2. The molecule has 7 nitrogen and oxygen atoms in total. The number of amides is 2. The van der Waals surface area contributed by atoms with Crippen LogP contribution >= 0.6 is 23.2 Å². The molecule has 0 radical (unpaired) electrons. The van der Waals surface area contributed by atoms with Crippen LogP contribution in [0, 0.1) is 0 Å². The first-order chi connectivity index (χ1) is 16.3. The van der Waals surface area contributed by atoms with E-state index >= 15 is 0 Å². The fraction of sp³-hybridized carbons (Fsp3) is 0.440. The summed E-state index contributed by atoms with van der Waals surface area (Å²) in [5.41, 5.74) is 2.09. The summed E-state index contributed by atoms with van der Waals surface area (Å²) in [6.07, 6.45) is 1.80. The molecule has 2 aromatic rings. The molecule has 0 saturated heterocycles. The second kappa shape index (κ2) is 12.6. The molecule has 2 aromatic carbocycles. The number of rotatable bonds is 11. The molecule has 1 atom stereocenters. The highest BCUT2D eigenvalue weighted by atomic mass is 35.5. The third kappa shape index (κ3) is 8.12. The normalized spacial score (nSPS) is 12.3. The zero-order valence-corrected chi connectivity index (χ0v) is 23.0. The average molecular weight is 543 g/mol. The fourth-order valence-corrected chi connectivity index (χ4v) is 4.62. The Balaban J connectivity index is 2.39. The van der Waals surface area contributed by atoms with E-state index in [9.17, 15) is 18.0 Å². The molecule has 0 aliphatic heterocycles. The molecule has 0 spiro atoms. The van der Waals surface area contributed by atoms with Gasteiger partial charge in [0.05, 0.1) is 22.0 Å². The first-order valence-corrected chi connectivity index (χ1v) is 14.0. The summed E-state index contributed by atoms with van der Waals surface area (Å²) < 4.78 is 26.3. The minimum absolute atomic E-state index is 0.0559. The number of benzene rings is 2. The van der Waals surface area contributed by atoms with Crippen LogP contribution in [0.5, 0.6) is 0 Å². The van der Waals surface area contributed by atoms with Gasteiger partial charge in [0.2, 0.25) is 21.8 Å². The van der Waals surface area contributed by atoms with Crippen LogP contribution in [-0.2, 0) is 26.2 Å². The van der Waals surface area contributed by atoms with Crippen molar-refractivity contribution in [2.24, 2.45) is 0 Å². The van der Waals surface area contributed by atoms with Gasteiger partial charge in [-0.2, -0.15) is 0 Å². The zero-order chi connectivity index (χ0) is 26.3. The standard InChI is InChI=1S/C25H33Cl2N3O4S/c1-6-13-28-25(32)18(4)29(15-19-7-12-22(26)23(27)14-19)24(31)16-30(35(5,33)34)21-10-8-20(9-11-21)17(2)3/h7-12,14,17-18H,6,13,15-16H2,1-5H3,(H,28,32)/t18-/m0/s1. The fourth-order valence-electron chi connectivity index (χ4n) is 3.45. The molecular formula is C25H33Cl2N3O4S. The Hall–Kier alpha value is -2.29. The summed E-state index contributed by atoms with van der Waals surface area (Å²) in [4.78, 5) is 27.6. The SMILES string of the molecule is CCCNC(=O)[C@H](C)N(Cc1ccc(Cl)c(Cl)c1)C(=O)CN(c1ccc(C(C)C)cc1)S(C)(=O)=O. The predicted octanol–water partition coefficient (Wildman–Crippen LogP) is 4.83. The van der Waals surface area contributed by atoms with Crippen LogP contribution in [-0.4, -0.2) is 50.5 Å². The molecule has 0 aromatic heterocycles. The van der Waals surface area contributed by atoms with Crippen molar-refractivity contribution in [3.05, 3.63) is 63.6 Å². The lowest BCUT2D eigenvalue weighted by molar-refractivity contribution is -0.139. The molecule has 0 saturated carbocycles. The maximum Gasteiger partial charge on any atom is 0.244 e. The summed E-state index contributed by atoms with van der Waals surface area (Å²) >= 11 is 12.2. The molecule has 2 rings (SSSR count). The largest absolute Gasteiger partial charge is 0.354 e. The number of carbonyl (C=O) groups is 2. The minimum Gasteiger partial charge on any atom is -0.354 e. The highest BCUT2D eigenvalue weighted by Crippen LogP contribution is 2.25. The van der Waals surface area contributed by atoms with Gasteiger partial charge < -0.3 is 10.2 Å². The average Bonchev–Trinajstić information content (AvgIpc) is 2.80. The quantitative estimate of drug-likeness (QED) is 0.441. The van der Waals surface area contributed by atoms with Crippen LogP contribution in [0.2, 0.25) is 10.0 Å². The van der Waals surface area contributed by atoms with Gasteiger partial charge in [-0.15, -0.1) is 0 Å². The highest BCUT2D eigenvalue weighted by Gasteiger charge is 2.30. The van der Waals surface area contributed by atoms with Crippen LogP contribution in [0.15, 0.2) is 42.5 Å². The van der Waals surface area contributed by atoms with Gasteiger partial charge >= 0.3 is 0 Å². The lowest BCUT2D eigenvalue weighted by atomic mass is 10.0. The molecule has 0 bridgehead atoms. The zero-order valence-electron chi connectivity index (χ0n) is 20.7. The summed E-state index contributed by atoms with van der Waals surface area (Å²) in [6.45, 7) is 7.70. The minimum atomic E-state index is -3.78. The number of sulfonamides is 1. The number of nitrogens with zero attached hydrogens (tertiary/aromatic N) is 2. The van der Waals surface area contributed by atoms with Gasteiger partial charge in [-0.1, -0.05) is 62.2 Å². The number of carbonyl (C=O) groups excluding carboxylic acids is 2. The van der Waals surface area contributed by atoms with E-state index < -0.39 is 28.5 Å². The van der Waals surface area contributed by atoms with E-state index in [0.717, 1.165) is 22.5 Å². The van der Waals surface area contributed by atoms with Gasteiger partial charge in [0, 0.05) is 13.1 Å². The van der Waals surface area contributed by atoms with Gasteiger partial charge in [-0.25, -0.2) is 8.42 Å². The molecule has 0 fully saturated rings. The van der Waals surface area contributed by atoms with Crippen LogP contribution in [0.3, 0.4) is 0 Å². The van der Waals surface area contributed by atoms with Gasteiger partial charge in [0.25, 0.3) is 0 Å². The van der Waals surface area contributed by atoms with Crippen LogP contribution in [0.1, 0.15) is 51.2 Å². The van der Waals surface area contributed by atoms with E-state index in [-0.39, 0.29) is 18.4 Å². The Labute approximate surface area is 218 Å². The first-order valence-electron chi connectivity index (χ1n) is 11.4. The van der Waals surface area contributed by atoms with Gasteiger partial charge in [-0.05, 0) is 54.7 Å². The van der Waals surface area contributed by atoms with E-state index in [1.54, 1.807) is 37.3 Å². The van der Waals surface area contributed by atoms with Crippen molar-refractivity contribution in [1.82, 2.24) is 10.2 Å². The molecule has 2 amide bonds. The smallest absolute Gasteiger partial charge is 0.244 e. The second-order valence-corrected chi connectivity index (χ2v) is 11.5. The molecule has 0 unspecified atom stereocenters. The Morgan fingerprint density at radius 3 is 2.14 bits per heavy atom. The van der Waals surface area contributed by atoms with E-state index in [1.165, 1.54) is 4.90 Å². The van der Waals surface area contributed by atoms with E-state index in [1.807, 2.05) is 32.9 Å². The molecule has 192 valence electrons. The molecule has 0 heterocycles. The van der Waals surface area contributed by atoms with Gasteiger partial charge in [-0.3, -0.25) is 13.9 Å². The Morgan fingerprint density at radius 1 is 1.00 bits per heavy atom. The lowest BCUT2D eigenvalue weighted by Crippen LogP contribution is -2.51. The van der Waals surface area contributed by atoms with Crippen molar-refractivity contribution in [2.75, 3.05) is 23.7 Å². The molecule has 0 aliphatic rings. The third-order valence-electron chi connectivity index (χ3n) is 5.58. The molecule has 1 N–H and O–H groups in total. The van der Waals surface area contributed by atoms with Crippen LogP contribution < -0.4 is 9.62 Å². The topological polar surface area (TPSA) is 86.8 Å². The third-order valence-corrected chi connectivity index (χ3v) is 7.46. The van der Waals surface area contributed by atoms with Crippen molar-refractivity contribution in [2.45, 2.75) is 52.6 Å². The van der Waals surface area contributed by atoms with Crippen molar-refractivity contribution in [1.29, 1.82) is 0 Å². The van der Waals surface area contributed by atoms with Gasteiger partial charge in [0.15, 0.2) is 0 Å². The van der Waals surface area contributed by atoms with Gasteiger partial charge in [0.1, 0.15) is 12.6 Å². The molecule has 0 aliphatic carbocycles. The molecular weight excluding hydrogens is 509 g/mol. The Morgan fingerprint density at radius 2 is 1.63 bits per heavy atom. The summed E-state index contributed by atoms with van der Waals surface area (Å²) in [5.74, 6) is -0.567. The number of halogens is 2. The van der Waals surface area contributed by atoms with Crippen molar-refractivity contribution in [3.8, 4) is 0 Å². The van der Waals surface area contributed by atoms with Crippen LogP contribution in [0.25, 0.3) is 0 Å². The monoisotopic (exact) mass is 541 g/mol. The highest BCUT2D eigenvalue weighted by molar-refractivity contribution is 7.92.